The highest BCUT2D eigenvalue weighted by atomic mass is 31.2. The maximum Gasteiger partial charge on any atom is 0.250 e. The summed E-state index contributed by atoms with van der Waals surface area (Å²) in [6.07, 6.45) is 1.53. The minimum Gasteiger partial charge on any atom is -0.338 e. The van der Waals surface area contributed by atoms with Gasteiger partial charge in [0.15, 0.2) is 0 Å². The summed E-state index contributed by atoms with van der Waals surface area (Å²) >= 11 is 0. The van der Waals surface area contributed by atoms with Crippen LogP contribution in [0.1, 0.15) is 0 Å². The van der Waals surface area contributed by atoms with Gasteiger partial charge in [0, 0.05) is 0 Å². The van der Waals surface area contributed by atoms with E-state index in [1.54, 1.807) is 0 Å². The molecule has 1 unspecified atom stereocenters. The molecule has 7 heavy (non-hydrogen) atoms. The van der Waals surface area contributed by atoms with Crippen LogP contribution >= 0.6 is 8.53 Å². The van der Waals surface area contributed by atoms with Gasteiger partial charge in [-0.15, -0.1) is 6.58 Å². The Morgan fingerprint density at radius 3 is 2.71 bits per heavy atom. The molecule has 0 aliphatic rings. The van der Waals surface area contributed by atoms with Gasteiger partial charge in [0.2, 0.25) is 8.53 Å². The van der Waals surface area contributed by atoms with Crippen LogP contribution in [0.15, 0.2) is 12.7 Å². The Balaban J connectivity index is 2.81. The molecule has 0 radical (unpaired) electrons. The molecule has 3 nitrogen and oxygen atoms in total. The molecule has 1 atom stereocenters. The molecule has 0 saturated heterocycles. The lowest BCUT2D eigenvalue weighted by atomic mass is 10.7. The highest BCUT2D eigenvalue weighted by Crippen LogP contribution is 2.17. The first-order valence-electron chi connectivity index (χ1n) is 1.75. The van der Waals surface area contributed by atoms with Crippen LogP contribution in [0.3, 0.4) is 0 Å². The van der Waals surface area contributed by atoms with Crippen molar-refractivity contribution in [2.24, 2.45) is 5.50 Å². The van der Waals surface area contributed by atoms with Crippen molar-refractivity contribution >= 4 is 8.53 Å². The average Bonchev–Trinajstić information content (AvgIpc) is 1.61. The molecule has 0 fully saturated rings. The molecule has 0 bridgehead atoms. The van der Waals surface area contributed by atoms with Crippen molar-refractivity contribution in [2.75, 3.05) is 6.61 Å². The topological polar surface area (TPSA) is 55.5 Å². The summed E-state index contributed by atoms with van der Waals surface area (Å²) in [6, 6.07) is 0. The molecular weight excluding hydrogens is 113 g/mol. The van der Waals surface area contributed by atoms with E-state index in [2.05, 4.69) is 11.1 Å². The van der Waals surface area contributed by atoms with Crippen LogP contribution in [0.4, 0.5) is 0 Å². The summed E-state index contributed by atoms with van der Waals surface area (Å²) in [4.78, 5) is 8.26. The van der Waals surface area contributed by atoms with Gasteiger partial charge in [-0.3, -0.25) is 5.50 Å². The van der Waals surface area contributed by atoms with Gasteiger partial charge in [-0.1, -0.05) is 6.08 Å². The zero-order valence-electron chi connectivity index (χ0n) is 3.87. The zero-order chi connectivity index (χ0) is 5.70. The Labute approximate surface area is 43.8 Å². The van der Waals surface area contributed by atoms with E-state index in [0.717, 1.165) is 0 Å². The second kappa shape index (κ2) is 4.22. The minimum atomic E-state index is -1.68. The Bertz CT molecular complexity index is 56.9. The van der Waals surface area contributed by atoms with Crippen molar-refractivity contribution in [1.29, 1.82) is 0 Å². The van der Waals surface area contributed by atoms with Gasteiger partial charge in [0.1, 0.15) is 0 Å². The number of hydrogen-bond donors (Lipinski definition) is 2. The van der Waals surface area contributed by atoms with Crippen LogP contribution in [0.5, 0.6) is 0 Å². The number of nitrogens with two attached hydrogens (primary N) is 1. The number of hydrogen-bond acceptors (Lipinski definition) is 3. The lowest BCUT2D eigenvalue weighted by Crippen LogP contribution is -1.91. The van der Waals surface area contributed by atoms with Crippen molar-refractivity contribution in [1.82, 2.24) is 0 Å². The molecule has 0 rings (SSSR count). The van der Waals surface area contributed by atoms with E-state index in [9.17, 15) is 0 Å². The predicted octanol–water partition coefficient (Wildman–Crippen LogP) is 0.367. The summed E-state index contributed by atoms with van der Waals surface area (Å²) in [5.41, 5.74) is 4.83. The first-order chi connectivity index (χ1) is 3.27. The molecule has 0 heterocycles. The van der Waals surface area contributed by atoms with Gasteiger partial charge in [0.25, 0.3) is 0 Å². The number of rotatable bonds is 3. The molecule has 4 heteroatoms. The standard InChI is InChI=1S/C3H8NO2P/c1-2-3-6-7(4)5/h2,5H,1,3-4H2. The quantitative estimate of drug-likeness (QED) is 0.419. The van der Waals surface area contributed by atoms with Crippen molar-refractivity contribution in [2.45, 2.75) is 0 Å². The molecule has 0 aliphatic heterocycles. The average molecular weight is 121 g/mol. The minimum absolute atomic E-state index is 0.318. The second-order valence-corrected chi connectivity index (χ2v) is 1.75. The molecule has 0 amide bonds. The van der Waals surface area contributed by atoms with Crippen molar-refractivity contribution < 1.29 is 9.42 Å². The summed E-state index contributed by atoms with van der Waals surface area (Å²) in [7, 11) is -1.68. The molecule has 0 aromatic heterocycles. The fourth-order valence-electron chi connectivity index (χ4n) is 0.129. The highest BCUT2D eigenvalue weighted by molar-refractivity contribution is 7.43. The third kappa shape index (κ3) is 6.05. The Morgan fingerprint density at radius 2 is 2.57 bits per heavy atom. The lowest BCUT2D eigenvalue weighted by molar-refractivity contribution is 0.350. The lowest BCUT2D eigenvalue weighted by Gasteiger charge is -1.98. The van der Waals surface area contributed by atoms with Crippen LogP contribution < -0.4 is 5.50 Å². The summed E-state index contributed by atoms with van der Waals surface area (Å²) in [5.74, 6) is 0. The van der Waals surface area contributed by atoms with E-state index >= 15 is 0 Å². The molecule has 0 aliphatic carbocycles. The van der Waals surface area contributed by atoms with Crippen molar-refractivity contribution in [3.8, 4) is 0 Å². The van der Waals surface area contributed by atoms with E-state index in [0.29, 0.717) is 6.61 Å². The summed E-state index contributed by atoms with van der Waals surface area (Å²) < 4.78 is 4.47. The third-order valence-electron chi connectivity index (χ3n) is 0.325. The monoisotopic (exact) mass is 121 g/mol. The molecular formula is C3H8NO2P. The molecule has 3 N–H and O–H groups in total. The normalized spacial score (nSPS) is 13.4. The van der Waals surface area contributed by atoms with Crippen molar-refractivity contribution in [3.63, 3.8) is 0 Å². The first kappa shape index (κ1) is 7.05. The molecule has 0 saturated carbocycles. The SMILES string of the molecule is C=CCOP(N)O. The molecule has 0 aromatic carbocycles. The second-order valence-electron chi connectivity index (χ2n) is 0.887. The summed E-state index contributed by atoms with van der Waals surface area (Å²) in [6.45, 7) is 3.67. The smallest absolute Gasteiger partial charge is 0.250 e. The van der Waals surface area contributed by atoms with E-state index in [1.165, 1.54) is 6.08 Å². The zero-order valence-corrected chi connectivity index (χ0v) is 4.77. The molecule has 0 spiro atoms. The predicted molar refractivity (Wildman–Crippen MR) is 29.5 cm³/mol. The van der Waals surface area contributed by atoms with Gasteiger partial charge in [0.05, 0.1) is 6.61 Å². The van der Waals surface area contributed by atoms with Crippen molar-refractivity contribution in [3.05, 3.63) is 12.7 Å². The van der Waals surface area contributed by atoms with Crippen LogP contribution in [0, 0.1) is 0 Å². The van der Waals surface area contributed by atoms with Crippen LogP contribution in [0.2, 0.25) is 0 Å². The first-order valence-corrected chi connectivity index (χ1v) is 3.03. The van der Waals surface area contributed by atoms with E-state index in [1.807, 2.05) is 0 Å². The summed E-state index contributed by atoms with van der Waals surface area (Å²) in [5, 5.41) is 0. The third-order valence-corrected chi connectivity index (χ3v) is 0.738. The maximum atomic E-state index is 8.26. The highest BCUT2D eigenvalue weighted by Gasteiger charge is 1.89. The van der Waals surface area contributed by atoms with E-state index in [4.69, 9.17) is 10.4 Å². The van der Waals surface area contributed by atoms with Gasteiger partial charge < -0.3 is 9.42 Å². The van der Waals surface area contributed by atoms with E-state index in [-0.39, 0.29) is 0 Å². The Kier molecular flexibility index (Phi) is 4.25. The van der Waals surface area contributed by atoms with Gasteiger partial charge in [-0.05, 0) is 0 Å². The fraction of sp³-hybridized carbons (Fsp3) is 0.333. The van der Waals surface area contributed by atoms with Crippen LogP contribution in [-0.2, 0) is 4.52 Å². The van der Waals surface area contributed by atoms with Crippen LogP contribution in [-0.4, -0.2) is 11.5 Å². The molecule has 42 valence electrons. The largest absolute Gasteiger partial charge is 0.338 e. The van der Waals surface area contributed by atoms with Gasteiger partial charge in [-0.25, -0.2) is 0 Å². The van der Waals surface area contributed by atoms with Crippen LogP contribution in [0.25, 0.3) is 0 Å². The Hall–Kier alpha value is 0.0500. The Morgan fingerprint density at radius 1 is 2.00 bits per heavy atom. The molecule has 0 aromatic rings. The van der Waals surface area contributed by atoms with E-state index < -0.39 is 8.53 Å². The van der Waals surface area contributed by atoms with Gasteiger partial charge >= 0.3 is 0 Å². The van der Waals surface area contributed by atoms with Gasteiger partial charge in [-0.2, -0.15) is 0 Å². The maximum absolute atomic E-state index is 8.26. The fourth-order valence-corrected chi connectivity index (χ4v) is 0.387.